The van der Waals surface area contributed by atoms with Gasteiger partial charge in [-0.1, -0.05) is 0 Å². The molecule has 0 radical (unpaired) electrons. The summed E-state index contributed by atoms with van der Waals surface area (Å²) in [5.41, 5.74) is 0.294. The minimum Gasteiger partial charge on any atom is -0.394 e. The fourth-order valence-corrected chi connectivity index (χ4v) is 2.08. The number of aromatic nitrogens is 2. The molecule has 2 aromatic heterocycles. The zero-order valence-corrected chi connectivity index (χ0v) is 13.4. The zero-order chi connectivity index (χ0) is 19.3. The molecule has 0 spiro atoms. The van der Waals surface area contributed by atoms with Gasteiger partial charge >= 0.3 is 0 Å². The molecule has 0 aliphatic rings. The number of hydrogen-bond donors (Lipinski definition) is 6. The number of amides is 1. The third-order valence-electron chi connectivity index (χ3n) is 3.56. The highest BCUT2D eigenvalue weighted by molar-refractivity contribution is 6.42. The Bertz CT molecular complexity index is 837. The number of rotatable bonds is 7. The Labute approximate surface area is 146 Å². The Hall–Kier alpha value is -2.92. The molecule has 2 rings (SSSR count). The van der Waals surface area contributed by atoms with Gasteiger partial charge in [0.2, 0.25) is 0 Å². The summed E-state index contributed by atoms with van der Waals surface area (Å²) in [5, 5.41) is 39.1. The van der Waals surface area contributed by atoms with Gasteiger partial charge in [0.05, 0.1) is 6.61 Å². The SMILES string of the molecule is O=C(Nc1cc(-c2ccncc2)c[nH]c1=O)C(=O)[C@@H](O)[C@H](O)[C@@H](O)CO. The molecule has 1 amide bonds. The van der Waals surface area contributed by atoms with E-state index in [-0.39, 0.29) is 5.69 Å². The number of carbonyl (C=O) groups excluding carboxylic acids is 2. The molecule has 6 N–H and O–H groups in total. The summed E-state index contributed by atoms with van der Waals surface area (Å²) in [5.74, 6) is -2.84. The largest absolute Gasteiger partial charge is 0.394 e. The second-order valence-corrected chi connectivity index (χ2v) is 5.37. The molecule has 0 aliphatic carbocycles. The van der Waals surface area contributed by atoms with E-state index in [2.05, 4.69) is 9.97 Å². The molecule has 26 heavy (non-hydrogen) atoms. The summed E-state index contributed by atoms with van der Waals surface area (Å²) in [6.07, 6.45) is -1.65. The first-order valence-electron chi connectivity index (χ1n) is 7.48. The molecular formula is C16H17N3O7. The third-order valence-corrected chi connectivity index (χ3v) is 3.56. The summed E-state index contributed by atoms with van der Waals surface area (Å²) >= 11 is 0. The fourth-order valence-electron chi connectivity index (χ4n) is 2.08. The highest BCUT2D eigenvalue weighted by atomic mass is 16.4. The number of H-pyrrole nitrogens is 1. The lowest BCUT2D eigenvalue weighted by molar-refractivity contribution is -0.148. The predicted octanol–water partition coefficient (Wildman–Crippen LogP) is -1.98. The molecule has 0 fully saturated rings. The molecule has 2 heterocycles. The van der Waals surface area contributed by atoms with Crippen LogP contribution >= 0.6 is 0 Å². The molecule has 3 atom stereocenters. The summed E-state index contributed by atoms with van der Waals surface area (Å²) in [6, 6.07) is 4.66. The van der Waals surface area contributed by atoms with Gasteiger partial charge in [-0.2, -0.15) is 0 Å². The molecule has 0 unspecified atom stereocenters. The molecule has 0 aromatic carbocycles. The number of Topliss-reactive ketones (excluding diaryl/α,β-unsaturated/α-hetero) is 1. The smallest absolute Gasteiger partial charge is 0.294 e. The molecule has 0 saturated carbocycles. The number of carbonyl (C=O) groups is 2. The highest BCUT2D eigenvalue weighted by Gasteiger charge is 2.34. The van der Waals surface area contributed by atoms with Crippen LogP contribution in [0.2, 0.25) is 0 Å². The predicted molar refractivity (Wildman–Crippen MR) is 89.0 cm³/mol. The van der Waals surface area contributed by atoms with Crippen molar-refractivity contribution in [1.29, 1.82) is 0 Å². The number of aromatic amines is 1. The Morgan fingerprint density at radius 3 is 2.42 bits per heavy atom. The normalized spacial score (nSPS) is 14.3. The molecule has 138 valence electrons. The van der Waals surface area contributed by atoms with Crippen molar-refractivity contribution in [3.8, 4) is 11.1 Å². The number of aliphatic hydroxyl groups excluding tert-OH is 4. The van der Waals surface area contributed by atoms with Crippen molar-refractivity contribution in [2.75, 3.05) is 11.9 Å². The van der Waals surface area contributed by atoms with Gasteiger partial charge < -0.3 is 30.7 Å². The first-order chi connectivity index (χ1) is 12.3. The van der Waals surface area contributed by atoms with E-state index in [1.807, 2.05) is 5.32 Å². The average Bonchev–Trinajstić information content (AvgIpc) is 2.67. The van der Waals surface area contributed by atoms with Crippen LogP contribution in [-0.2, 0) is 9.59 Å². The topological polar surface area (TPSA) is 173 Å². The molecule has 10 nitrogen and oxygen atoms in total. The van der Waals surface area contributed by atoms with Crippen LogP contribution in [0, 0.1) is 0 Å². The van der Waals surface area contributed by atoms with Crippen molar-refractivity contribution in [2.45, 2.75) is 18.3 Å². The summed E-state index contributed by atoms with van der Waals surface area (Å²) in [4.78, 5) is 41.9. The molecule has 10 heteroatoms. The fraction of sp³-hybridized carbons (Fsp3) is 0.250. The van der Waals surface area contributed by atoms with E-state index in [1.54, 1.807) is 12.1 Å². The van der Waals surface area contributed by atoms with Gasteiger partial charge in [0.1, 0.15) is 17.9 Å². The summed E-state index contributed by atoms with van der Waals surface area (Å²) < 4.78 is 0. The molecule has 0 aliphatic heterocycles. The molecule has 0 saturated heterocycles. The third kappa shape index (κ3) is 4.37. The van der Waals surface area contributed by atoms with Crippen LogP contribution in [-0.4, -0.2) is 67.0 Å². The maximum atomic E-state index is 11.9. The van der Waals surface area contributed by atoms with Crippen molar-refractivity contribution < 1.29 is 30.0 Å². The molecule has 2 aromatic rings. The van der Waals surface area contributed by atoms with Crippen LogP contribution in [0.3, 0.4) is 0 Å². The maximum Gasteiger partial charge on any atom is 0.294 e. The number of nitrogens with zero attached hydrogens (tertiary/aromatic N) is 1. The van der Waals surface area contributed by atoms with Crippen LogP contribution < -0.4 is 10.9 Å². The quantitative estimate of drug-likeness (QED) is 0.307. The molecule has 0 bridgehead atoms. The number of hydrogen-bond acceptors (Lipinski definition) is 8. The van der Waals surface area contributed by atoms with E-state index >= 15 is 0 Å². The monoisotopic (exact) mass is 363 g/mol. The zero-order valence-electron chi connectivity index (χ0n) is 13.4. The van der Waals surface area contributed by atoms with E-state index in [4.69, 9.17) is 5.11 Å². The number of aliphatic hydroxyl groups is 4. The van der Waals surface area contributed by atoms with Gasteiger partial charge in [0.15, 0.2) is 6.10 Å². The van der Waals surface area contributed by atoms with E-state index in [1.165, 1.54) is 24.7 Å². The van der Waals surface area contributed by atoms with Crippen molar-refractivity contribution >= 4 is 17.4 Å². The lowest BCUT2D eigenvalue weighted by atomic mass is 10.0. The van der Waals surface area contributed by atoms with E-state index < -0.39 is 42.2 Å². The highest BCUT2D eigenvalue weighted by Crippen LogP contribution is 2.18. The Kier molecular flexibility index (Phi) is 6.31. The Balaban J connectivity index is 2.18. The number of pyridine rings is 2. The van der Waals surface area contributed by atoms with Gasteiger partial charge in [-0.05, 0) is 23.8 Å². The van der Waals surface area contributed by atoms with Crippen LogP contribution in [0.15, 0.2) is 41.6 Å². The maximum absolute atomic E-state index is 11.9. The lowest BCUT2D eigenvalue weighted by Gasteiger charge is -2.19. The minimum atomic E-state index is -2.26. The van der Waals surface area contributed by atoms with E-state index in [0.29, 0.717) is 11.1 Å². The standard InChI is InChI=1S/C16H17N3O7/c20-7-11(21)12(22)13(23)14(24)16(26)19-10-5-9(6-18-15(10)25)8-1-3-17-4-2-8/h1-6,11-13,20-23H,7H2,(H,18,25)(H,19,26)/t11-,12+,13-/m0/s1. The van der Waals surface area contributed by atoms with Crippen molar-refractivity contribution in [2.24, 2.45) is 0 Å². The van der Waals surface area contributed by atoms with Crippen molar-refractivity contribution in [3.05, 3.63) is 47.1 Å². The first kappa shape index (κ1) is 19.4. The van der Waals surface area contributed by atoms with Gasteiger partial charge in [-0.3, -0.25) is 19.4 Å². The van der Waals surface area contributed by atoms with Crippen LogP contribution in [0.5, 0.6) is 0 Å². The Morgan fingerprint density at radius 1 is 1.15 bits per heavy atom. The van der Waals surface area contributed by atoms with Gasteiger partial charge in [0, 0.05) is 24.2 Å². The molecular weight excluding hydrogens is 346 g/mol. The van der Waals surface area contributed by atoms with Crippen molar-refractivity contribution in [1.82, 2.24) is 9.97 Å². The van der Waals surface area contributed by atoms with Crippen LogP contribution in [0.4, 0.5) is 5.69 Å². The van der Waals surface area contributed by atoms with Crippen LogP contribution in [0.25, 0.3) is 11.1 Å². The van der Waals surface area contributed by atoms with Crippen molar-refractivity contribution in [3.63, 3.8) is 0 Å². The first-order valence-corrected chi connectivity index (χ1v) is 7.48. The van der Waals surface area contributed by atoms with E-state index in [9.17, 15) is 29.7 Å². The van der Waals surface area contributed by atoms with Gasteiger partial charge in [-0.15, -0.1) is 0 Å². The lowest BCUT2D eigenvalue weighted by Crippen LogP contribution is -2.47. The number of nitrogens with one attached hydrogen (secondary N) is 2. The summed E-state index contributed by atoms with van der Waals surface area (Å²) in [7, 11) is 0. The van der Waals surface area contributed by atoms with E-state index in [0.717, 1.165) is 0 Å². The number of ketones is 1. The van der Waals surface area contributed by atoms with Crippen LogP contribution in [0.1, 0.15) is 0 Å². The van der Waals surface area contributed by atoms with Gasteiger partial charge in [0.25, 0.3) is 17.2 Å². The number of anilines is 1. The Morgan fingerprint density at radius 2 is 1.81 bits per heavy atom. The average molecular weight is 363 g/mol. The summed E-state index contributed by atoms with van der Waals surface area (Å²) in [6.45, 7) is -0.916. The second-order valence-electron chi connectivity index (χ2n) is 5.37. The second kappa shape index (κ2) is 8.45. The van der Waals surface area contributed by atoms with Gasteiger partial charge in [-0.25, -0.2) is 0 Å². The minimum absolute atomic E-state index is 0.248.